The highest BCUT2D eigenvalue weighted by molar-refractivity contribution is 5.88. The number of aliphatic hydroxyl groups is 1. The van der Waals surface area contributed by atoms with Gasteiger partial charge in [0.2, 0.25) is 0 Å². The molecule has 0 aliphatic carbocycles. The summed E-state index contributed by atoms with van der Waals surface area (Å²) in [5.74, 6) is 0. The first-order chi connectivity index (χ1) is 11.5. The van der Waals surface area contributed by atoms with Crippen molar-refractivity contribution in [2.75, 3.05) is 24.6 Å². The van der Waals surface area contributed by atoms with Crippen LogP contribution in [0.2, 0.25) is 0 Å². The zero-order valence-corrected chi connectivity index (χ0v) is 13.8. The van der Waals surface area contributed by atoms with Crippen molar-refractivity contribution >= 4 is 16.7 Å². The van der Waals surface area contributed by atoms with Gasteiger partial charge in [0.05, 0.1) is 17.3 Å². The Labute approximate surface area is 139 Å². The van der Waals surface area contributed by atoms with Crippen molar-refractivity contribution < 1.29 is 9.84 Å². The van der Waals surface area contributed by atoms with Crippen LogP contribution in [0.4, 0.5) is 5.69 Å². The van der Waals surface area contributed by atoms with Crippen LogP contribution in [-0.2, 0) is 11.8 Å². The SMILES string of the molecule is CCO[C@@H]1CN(c2cc(=O)n(C)c3ccc(C#N)nc23)CC[C@H]1O. The van der Waals surface area contributed by atoms with E-state index in [9.17, 15) is 9.90 Å². The van der Waals surface area contributed by atoms with Crippen LogP contribution >= 0.6 is 0 Å². The Kier molecular flexibility index (Phi) is 4.51. The van der Waals surface area contributed by atoms with Gasteiger partial charge in [-0.1, -0.05) is 0 Å². The summed E-state index contributed by atoms with van der Waals surface area (Å²) in [6.07, 6.45) is -0.261. The minimum absolute atomic E-state index is 0.136. The first-order valence-electron chi connectivity index (χ1n) is 8.00. The number of anilines is 1. The van der Waals surface area contributed by atoms with Gasteiger partial charge in [0.25, 0.3) is 5.56 Å². The van der Waals surface area contributed by atoms with Crippen LogP contribution in [0.15, 0.2) is 23.0 Å². The summed E-state index contributed by atoms with van der Waals surface area (Å²) < 4.78 is 7.13. The Bertz CT molecular complexity index is 855. The number of piperidine rings is 1. The zero-order valence-electron chi connectivity index (χ0n) is 13.8. The molecule has 1 aliphatic rings. The number of aliphatic hydroxyl groups excluding tert-OH is 1. The van der Waals surface area contributed by atoms with Gasteiger partial charge >= 0.3 is 0 Å². The fraction of sp³-hybridized carbons (Fsp3) is 0.471. The van der Waals surface area contributed by atoms with Crippen LogP contribution in [0.1, 0.15) is 19.0 Å². The molecule has 7 nitrogen and oxygen atoms in total. The van der Waals surface area contributed by atoms with Gasteiger partial charge in [-0.05, 0) is 25.5 Å². The monoisotopic (exact) mass is 328 g/mol. The fourth-order valence-corrected chi connectivity index (χ4v) is 3.12. The van der Waals surface area contributed by atoms with Crippen molar-refractivity contribution in [3.8, 4) is 6.07 Å². The molecule has 1 fully saturated rings. The second-order valence-corrected chi connectivity index (χ2v) is 5.90. The zero-order chi connectivity index (χ0) is 17.3. The summed E-state index contributed by atoms with van der Waals surface area (Å²) in [6.45, 7) is 3.49. The van der Waals surface area contributed by atoms with E-state index in [1.54, 1.807) is 19.2 Å². The van der Waals surface area contributed by atoms with E-state index < -0.39 is 6.10 Å². The van der Waals surface area contributed by atoms with E-state index in [1.165, 1.54) is 10.6 Å². The van der Waals surface area contributed by atoms with Crippen molar-refractivity contribution in [2.24, 2.45) is 7.05 Å². The van der Waals surface area contributed by atoms with E-state index in [2.05, 4.69) is 4.98 Å². The van der Waals surface area contributed by atoms with E-state index in [0.717, 1.165) is 0 Å². The molecule has 0 aromatic carbocycles. The molecular weight excluding hydrogens is 308 g/mol. The van der Waals surface area contributed by atoms with Crippen molar-refractivity contribution in [1.82, 2.24) is 9.55 Å². The Morgan fingerprint density at radius 1 is 1.50 bits per heavy atom. The van der Waals surface area contributed by atoms with Gasteiger partial charge in [-0.25, -0.2) is 4.98 Å². The quantitative estimate of drug-likeness (QED) is 0.895. The summed E-state index contributed by atoms with van der Waals surface area (Å²) in [5.41, 5.74) is 2.14. The van der Waals surface area contributed by atoms with E-state index >= 15 is 0 Å². The average molecular weight is 328 g/mol. The van der Waals surface area contributed by atoms with Gasteiger partial charge in [0.1, 0.15) is 23.4 Å². The Hall–Kier alpha value is -2.43. The fourth-order valence-electron chi connectivity index (χ4n) is 3.12. The molecule has 1 aliphatic heterocycles. The van der Waals surface area contributed by atoms with Gasteiger partial charge < -0.3 is 19.3 Å². The standard InChI is InChI=1S/C17H20N4O3/c1-3-24-15-10-21(7-6-14(15)22)13-8-16(23)20(2)12-5-4-11(9-18)19-17(12)13/h4-5,8,14-15,22H,3,6-7,10H2,1-2H3/t14-,15-/m1/s1. The van der Waals surface area contributed by atoms with Crippen molar-refractivity contribution in [3.63, 3.8) is 0 Å². The lowest BCUT2D eigenvalue weighted by Gasteiger charge is -2.37. The van der Waals surface area contributed by atoms with Gasteiger partial charge in [0, 0.05) is 32.8 Å². The highest BCUT2D eigenvalue weighted by atomic mass is 16.5. The number of pyridine rings is 2. The van der Waals surface area contributed by atoms with Gasteiger partial charge in [-0.2, -0.15) is 5.26 Å². The number of nitrogens with zero attached hydrogens (tertiary/aromatic N) is 4. The second-order valence-electron chi connectivity index (χ2n) is 5.90. The van der Waals surface area contributed by atoms with Crippen LogP contribution in [0.25, 0.3) is 11.0 Å². The van der Waals surface area contributed by atoms with Gasteiger partial charge in [0.15, 0.2) is 0 Å². The molecule has 0 unspecified atom stereocenters. The lowest BCUT2D eigenvalue weighted by molar-refractivity contribution is -0.0398. The minimum atomic E-state index is -0.512. The molecule has 1 N–H and O–H groups in total. The largest absolute Gasteiger partial charge is 0.390 e. The Morgan fingerprint density at radius 2 is 2.29 bits per heavy atom. The number of nitriles is 1. The van der Waals surface area contributed by atoms with Gasteiger partial charge in [-0.15, -0.1) is 0 Å². The molecule has 2 atom stereocenters. The summed E-state index contributed by atoms with van der Waals surface area (Å²) in [4.78, 5) is 18.7. The third-order valence-corrected chi connectivity index (χ3v) is 4.43. The predicted octanol–water partition coefficient (Wildman–Crippen LogP) is 0.781. The number of fused-ring (bicyclic) bond motifs is 1. The molecule has 0 saturated carbocycles. The lowest BCUT2D eigenvalue weighted by atomic mass is 10.0. The minimum Gasteiger partial charge on any atom is -0.390 e. The van der Waals surface area contributed by atoms with Crippen molar-refractivity contribution in [1.29, 1.82) is 5.26 Å². The molecule has 0 radical (unpaired) electrons. The topological polar surface area (TPSA) is 91.4 Å². The molecular formula is C17H20N4O3. The highest BCUT2D eigenvalue weighted by Crippen LogP contribution is 2.27. The smallest absolute Gasteiger partial charge is 0.252 e. The molecule has 0 amide bonds. The maximum absolute atomic E-state index is 12.3. The summed E-state index contributed by atoms with van der Waals surface area (Å²) in [7, 11) is 1.69. The third-order valence-electron chi connectivity index (χ3n) is 4.43. The Morgan fingerprint density at radius 3 is 3.00 bits per heavy atom. The Balaban J connectivity index is 2.10. The van der Waals surface area contributed by atoms with Crippen molar-refractivity contribution in [3.05, 3.63) is 34.2 Å². The number of hydrogen-bond donors (Lipinski definition) is 1. The van der Waals surface area contributed by atoms with Gasteiger partial charge in [-0.3, -0.25) is 4.79 Å². The number of aromatic nitrogens is 2. The normalized spacial score (nSPS) is 21.0. The molecule has 24 heavy (non-hydrogen) atoms. The summed E-state index contributed by atoms with van der Waals surface area (Å²) in [5, 5.41) is 19.2. The van der Waals surface area contributed by atoms with Crippen LogP contribution in [-0.4, -0.2) is 46.6 Å². The summed E-state index contributed by atoms with van der Waals surface area (Å²) >= 11 is 0. The summed E-state index contributed by atoms with van der Waals surface area (Å²) in [6, 6.07) is 6.92. The van der Waals surface area contributed by atoms with Crippen LogP contribution in [0, 0.1) is 11.3 Å². The van der Waals surface area contributed by atoms with Crippen LogP contribution < -0.4 is 10.5 Å². The van der Waals surface area contributed by atoms with E-state index in [-0.39, 0.29) is 11.7 Å². The molecule has 3 rings (SSSR count). The lowest BCUT2D eigenvalue weighted by Crippen LogP contribution is -2.48. The maximum atomic E-state index is 12.3. The van der Waals surface area contributed by atoms with Crippen molar-refractivity contribution in [2.45, 2.75) is 25.6 Å². The average Bonchev–Trinajstić information content (AvgIpc) is 2.60. The second kappa shape index (κ2) is 6.59. The molecule has 1 saturated heterocycles. The predicted molar refractivity (Wildman–Crippen MR) is 89.9 cm³/mol. The molecule has 2 aromatic heterocycles. The highest BCUT2D eigenvalue weighted by Gasteiger charge is 2.29. The van der Waals surface area contributed by atoms with E-state index in [1.807, 2.05) is 17.9 Å². The van der Waals surface area contributed by atoms with E-state index in [4.69, 9.17) is 10.00 Å². The number of hydrogen-bond acceptors (Lipinski definition) is 6. The molecule has 2 aromatic rings. The first kappa shape index (κ1) is 16.4. The molecule has 7 heteroatoms. The molecule has 0 spiro atoms. The van der Waals surface area contributed by atoms with Crippen LogP contribution in [0.3, 0.4) is 0 Å². The van der Waals surface area contributed by atoms with Crippen LogP contribution in [0.5, 0.6) is 0 Å². The number of aryl methyl sites for hydroxylation is 1. The molecule has 0 bridgehead atoms. The van der Waals surface area contributed by atoms with E-state index in [0.29, 0.717) is 48.5 Å². The first-order valence-corrected chi connectivity index (χ1v) is 8.00. The number of rotatable bonds is 3. The molecule has 126 valence electrons. The number of ether oxygens (including phenoxy) is 1. The molecule has 3 heterocycles. The third kappa shape index (κ3) is 2.86. The maximum Gasteiger partial charge on any atom is 0.252 e.